The molecule has 4 rings (SSSR count). The minimum Gasteiger partial charge on any atom is -0.301 e. The van der Waals surface area contributed by atoms with Gasteiger partial charge >= 0.3 is 0 Å². The standard InChI is InChI=1S/C25H35N5O2S/c1-2-28-15-17-29(18-16-28)19-20-3-5-21(6-4-20)22-7-9-24(10-8-22)33-30-13-11-23(12-14-30)25(31)26-27-32/h3-7,9,11,22,24H,2,8,10,12-19H2,1H3,(H,26,31,32). The van der Waals surface area contributed by atoms with Crippen LogP contribution in [0.15, 0.2) is 53.4 Å². The molecular weight excluding hydrogens is 434 g/mol. The molecule has 0 spiro atoms. The molecule has 1 saturated heterocycles. The van der Waals surface area contributed by atoms with Gasteiger partial charge in [-0.25, -0.2) is 9.73 Å². The second-order valence-electron chi connectivity index (χ2n) is 9.06. The number of nitrogens with one attached hydrogen (secondary N) is 1. The summed E-state index contributed by atoms with van der Waals surface area (Å²) < 4.78 is 2.30. The summed E-state index contributed by atoms with van der Waals surface area (Å²) in [5.74, 6) is 0.122. The van der Waals surface area contributed by atoms with Crippen LogP contribution in [0.25, 0.3) is 0 Å². The zero-order valence-electron chi connectivity index (χ0n) is 19.5. The molecule has 1 aliphatic carbocycles. The number of piperazine rings is 1. The highest BCUT2D eigenvalue weighted by atomic mass is 32.2. The molecule has 2 heterocycles. The van der Waals surface area contributed by atoms with Crippen molar-refractivity contribution < 1.29 is 4.79 Å². The van der Waals surface area contributed by atoms with Gasteiger partial charge in [-0.2, -0.15) is 0 Å². The summed E-state index contributed by atoms with van der Waals surface area (Å²) >= 11 is 1.87. The number of allylic oxidation sites excluding steroid dienone is 1. The molecule has 1 fully saturated rings. The van der Waals surface area contributed by atoms with E-state index < -0.39 is 0 Å². The molecule has 1 aromatic rings. The van der Waals surface area contributed by atoms with Gasteiger partial charge in [0.15, 0.2) is 0 Å². The van der Waals surface area contributed by atoms with E-state index in [4.69, 9.17) is 0 Å². The van der Waals surface area contributed by atoms with Gasteiger partial charge in [-0.15, -0.1) is 4.91 Å². The van der Waals surface area contributed by atoms with Crippen LogP contribution in [0.5, 0.6) is 0 Å². The van der Waals surface area contributed by atoms with Gasteiger partial charge in [0.25, 0.3) is 5.91 Å². The van der Waals surface area contributed by atoms with Crippen molar-refractivity contribution in [3.63, 3.8) is 0 Å². The summed E-state index contributed by atoms with van der Waals surface area (Å²) in [6.07, 6.45) is 9.58. The zero-order chi connectivity index (χ0) is 23.0. The van der Waals surface area contributed by atoms with Crippen LogP contribution in [-0.4, -0.2) is 71.1 Å². The Labute approximate surface area is 201 Å². The molecule has 1 N–H and O–H groups in total. The molecule has 2 aliphatic heterocycles. The Kier molecular flexibility index (Phi) is 8.72. The van der Waals surface area contributed by atoms with E-state index in [0.717, 1.165) is 52.1 Å². The maximum Gasteiger partial charge on any atom is 0.269 e. The van der Waals surface area contributed by atoms with Gasteiger partial charge in [0.2, 0.25) is 0 Å². The monoisotopic (exact) mass is 469 g/mol. The van der Waals surface area contributed by atoms with Crippen LogP contribution in [0.2, 0.25) is 0 Å². The number of amides is 1. The highest BCUT2D eigenvalue weighted by Gasteiger charge is 2.23. The second kappa shape index (κ2) is 11.9. The molecule has 0 radical (unpaired) electrons. The molecular formula is C25H35N5O2S. The highest BCUT2D eigenvalue weighted by Crippen LogP contribution is 2.34. The van der Waals surface area contributed by atoms with Gasteiger partial charge < -0.3 is 4.90 Å². The van der Waals surface area contributed by atoms with E-state index in [1.165, 1.54) is 24.2 Å². The predicted molar refractivity (Wildman–Crippen MR) is 135 cm³/mol. The van der Waals surface area contributed by atoms with E-state index in [9.17, 15) is 9.70 Å². The first kappa shape index (κ1) is 24.1. The number of rotatable bonds is 8. The minimum atomic E-state index is -0.375. The van der Waals surface area contributed by atoms with Gasteiger partial charge in [0, 0.05) is 62.6 Å². The zero-order valence-corrected chi connectivity index (χ0v) is 20.3. The topological polar surface area (TPSA) is 68.2 Å². The molecule has 0 bridgehead atoms. The molecule has 0 saturated carbocycles. The van der Waals surface area contributed by atoms with Crippen molar-refractivity contribution >= 4 is 17.9 Å². The van der Waals surface area contributed by atoms with Crippen LogP contribution in [0.4, 0.5) is 0 Å². The molecule has 2 unspecified atom stereocenters. The number of hydrogen-bond acceptors (Lipinski definition) is 7. The molecule has 3 aliphatic rings. The number of nitroso groups, excluding NO2 is 1. The van der Waals surface area contributed by atoms with Crippen molar-refractivity contribution in [2.45, 2.75) is 43.9 Å². The summed E-state index contributed by atoms with van der Waals surface area (Å²) in [5, 5.41) is 2.94. The van der Waals surface area contributed by atoms with Gasteiger partial charge in [-0.1, -0.05) is 61.4 Å². The Bertz CT molecular complexity index is 864. The van der Waals surface area contributed by atoms with Crippen LogP contribution < -0.4 is 5.43 Å². The van der Waals surface area contributed by atoms with E-state index >= 15 is 0 Å². The third-order valence-corrected chi connectivity index (χ3v) is 8.24. The summed E-state index contributed by atoms with van der Waals surface area (Å²) in [5.41, 5.74) is 5.45. The number of carbonyl (C=O) groups is 1. The van der Waals surface area contributed by atoms with Crippen LogP contribution in [0.1, 0.15) is 43.2 Å². The molecule has 178 valence electrons. The number of benzene rings is 1. The quantitative estimate of drug-likeness (QED) is 0.271. The summed E-state index contributed by atoms with van der Waals surface area (Å²) in [7, 11) is 0. The minimum absolute atomic E-state index is 0.375. The predicted octanol–water partition coefficient (Wildman–Crippen LogP) is 3.70. The van der Waals surface area contributed by atoms with E-state index in [1.54, 1.807) is 0 Å². The van der Waals surface area contributed by atoms with Crippen molar-refractivity contribution in [2.24, 2.45) is 5.29 Å². The molecule has 1 aromatic carbocycles. The lowest BCUT2D eigenvalue weighted by Crippen LogP contribution is -2.45. The fourth-order valence-corrected chi connectivity index (χ4v) is 5.95. The third kappa shape index (κ3) is 6.76. The summed E-state index contributed by atoms with van der Waals surface area (Å²) in [6.45, 7) is 10.7. The lowest BCUT2D eigenvalue weighted by Gasteiger charge is -2.34. The molecule has 8 heteroatoms. The SMILES string of the molecule is CCN1CCN(Cc2ccc(C3C=CC(SN4CC=C(C(=O)NN=O)CC4)CC3)cc2)CC1. The largest absolute Gasteiger partial charge is 0.301 e. The Morgan fingerprint density at radius 2 is 1.82 bits per heavy atom. The van der Waals surface area contributed by atoms with Crippen molar-refractivity contribution in [1.82, 2.24) is 19.5 Å². The second-order valence-corrected chi connectivity index (χ2v) is 10.4. The number of nitrogens with zero attached hydrogens (tertiary/aromatic N) is 4. The average Bonchev–Trinajstić information content (AvgIpc) is 2.86. The van der Waals surface area contributed by atoms with Crippen LogP contribution in [0, 0.1) is 4.91 Å². The molecule has 7 nitrogen and oxygen atoms in total. The molecule has 33 heavy (non-hydrogen) atoms. The van der Waals surface area contributed by atoms with Gasteiger partial charge in [0.1, 0.15) is 0 Å². The first-order valence-corrected chi connectivity index (χ1v) is 12.9. The fraction of sp³-hybridized carbons (Fsp3) is 0.560. The van der Waals surface area contributed by atoms with E-state index in [-0.39, 0.29) is 5.91 Å². The van der Waals surface area contributed by atoms with E-state index in [0.29, 0.717) is 23.2 Å². The lowest BCUT2D eigenvalue weighted by molar-refractivity contribution is -0.117. The number of likely N-dealkylation sites (N-methyl/N-ethyl adjacent to an activating group) is 1. The Morgan fingerprint density at radius 3 is 2.42 bits per heavy atom. The summed E-state index contributed by atoms with van der Waals surface area (Å²) in [6, 6.07) is 9.25. The van der Waals surface area contributed by atoms with Crippen molar-refractivity contribution in [1.29, 1.82) is 0 Å². The maximum atomic E-state index is 11.7. The average molecular weight is 470 g/mol. The lowest BCUT2D eigenvalue weighted by atomic mass is 9.89. The maximum absolute atomic E-state index is 11.7. The van der Waals surface area contributed by atoms with Gasteiger partial charge in [-0.3, -0.25) is 9.69 Å². The Balaban J connectivity index is 1.23. The Morgan fingerprint density at radius 1 is 1.06 bits per heavy atom. The normalized spacial score (nSPS) is 24.9. The van der Waals surface area contributed by atoms with Crippen LogP contribution in [0.3, 0.4) is 0 Å². The van der Waals surface area contributed by atoms with Gasteiger partial charge in [-0.05, 0) is 36.9 Å². The van der Waals surface area contributed by atoms with Crippen molar-refractivity contribution in [2.75, 3.05) is 45.8 Å². The van der Waals surface area contributed by atoms with Crippen LogP contribution >= 0.6 is 11.9 Å². The van der Waals surface area contributed by atoms with E-state index in [1.807, 2.05) is 23.4 Å². The number of carbonyl (C=O) groups excluding carboxylic acids is 1. The first-order valence-electron chi connectivity index (χ1n) is 12.1. The highest BCUT2D eigenvalue weighted by molar-refractivity contribution is 7.97. The molecule has 2 atom stereocenters. The van der Waals surface area contributed by atoms with Crippen molar-refractivity contribution in [3.8, 4) is 0 Å². The van der Waals surface area contributed by atoms with Gasteiger partial charge in [0.05, 0.1) is 5.29 Å². The number of hydrogen-bond donors (Lipinski definition) is 1. The third-order valence-electron chi connectivity index (χ3n) is 6.94. The summed E-state index contributed by atoms with van der Waals surface area (Å²) in [4.78, 5) is 27.0. The van der Waals surface area contributed by atoms with E-state index in [2.05, 4.69) is 62.7 Å². The smallest absolute Gasteiger partial charge is 0.269 e. The van der Waals surface area contributed by atoms with Crippen LogP contribution in [-0.2, 0) is 11.3 Å². The fourth-order valence-electron chi connectivity index (χ4n) is 4.81. The molecule has 1 amide bonds. The molecule has 0 aromatic heterocycles. The Hall–Kier alpha value is -2.00. The van der Waals surface area contributed by atoms with Crippen molar-refractivity contribution in [3.05, 3.63) is 64.1 Å². The first-order chi connectivity index (χ1) is 16.1.